The minimum absolute atomic E-state index is 0. The van der Waals surface area contributed by atoms with Crippen LogP contribution in [-0.4, -0.2) is 0 Å². The minimum atomic E-state index is 0. The van der Waals surface area contributed by atoms with Crippen molar-refractivity contribution in [3.05, 3.63) is 59.8 Å². The van der Waals surface area contributed by atoms with Gasteiger partial charge in [-0.05, 0) is 37.8 Å². The van der Waals surface area contributed by atoms with Gasteiger partial charge in [0.1, 0.15) is 0 Å². The van der Waals surface area contributed by atoms with Crippen molar-refractivity contribution in [3.8, 4) is 0 Å². The molecule has 0 aromatic heterocycles. The predicted octanol–water partition coefficient (Wildman–Crippen LogP) is 6.25. The van der Waals surface area contributed by atoms with E-state index in [0.29, 0.717) is 0 Å². The molecule has 0 heterocycles. The van der Waals surface area contributed by atoms with Gasteiger partial charge in [0, 0.05) is 0 Å². The van der Waals surface area contributed by atoms with Crippen molar-refractivity contribution >= 4 is 0 Å². The molecule has 0 fully saturated rings. The van der Waals surface area contributed by atoms with Gasteiger partial charge in [-0.15, -0.1) is 0 Å². The average Bonchev–Trinajstić information content (AvgIpc) is 2.15. The molecule has 1 aliphatic rings. The highest BCUT2D eigenvalue weighted by Gasteiger charge is 2.04. The van der Waals surface area contributed by atoms with Crippen LogP contribution >= 0.6 is 0 Å². The SMILES string of the molecule is C.C.C.C=C(C)/C=C\C(=C)C1=CC=C(C)CC1. The van der Waals surface area contributed by atoms with E-state index < -0.39 is 0 Å². The summed E-state index contributed by atoms with van der Waals surface area (Å²) in [5.41, 5.74) is 4.96. The lowest BCUT2D eigenvalue weighted by molar-refractivity contribution is 0.919. The van der Waals surface area contributed by atoms with Crippen LogP contribution in [-0.2, 0) is 0 Å². The largest absolute Gasteiger partial charge is 0.0961 e. The quantitative estimate of drug-likeness (QED) is 0.506. The zero-order chi connectivity index (χ0) is 10.6. The van der Waals surface area contributed by atoms with Crippen molar-refractivity contribution in [1.82, 2.24) is 0 Å². The summed E-state index contributed by atoms with van der Waals surface area (Å²) in [6.07, 6.45) is 10.7. The first-order valence-electron chi connectivity index (χ1n) is 4.99. The lowest BCUT2D eigenvalue weighted by Crippen LogP contribution is -1.92. The van der Waals surface area contributed by atoms with Gasteiger partial charge in [0.2, 0.25) is 0 Å². The summed E-state index contributed by atoms with van der Waals surface area (Å²) in [7, 11) is 0. The van der Waals surface area contributed by atoms with E-state index in [4.69, 9.17) is 0 Å². The Hall–Kier alpha value is -1.30. The van der Waals surface area contributed by atoms with Crippen molar-refractivity contribution in [2.24, 2.45) is 0 Å². The van der Waals surface area contributed by atoms with Gasteiger partial charge in [-0.1, -0.05) is 70.9 Å². The Bertz CT molecular complexity index is 335. The maximum Gasteiger partial charge on any atom is -0.0236 e. The lowest BCUT2D eigenvalue weighted by atomic mass is 9.94. The van der Waals surface area contributed by atoms with Crippen LogP contribution in [0.2, 0.25) is 0 Å². The predicted molar refractivity (Wildman–Crippen MR) is 84.4 cm³/mol. The Morgan fingerprint density at radius 2 is 1.65 bits per heavy atom. The van der Waals surface area contributed by atoms with E-state index in [1.165, 1.54) is 11.1 Å². The summed E-state index contributed by atoms with van der Waals surface area (Å²) >= 11 is 0. The third-order valence-corrected chi connectivity index (χ3v) is 2.34. The molecule has 98 valence electrons. The van der Waals surface area contributed by atoms with Crippen molar-refractivity contribution < 1.29 is 0 Å². The zero-order valence-corrected chi connectivity index (χ0v) is 9.14. The fourth-order valence-electron chi connectivity index (χ4n) is 1.36. The van der Waals surface area contributed by atoms with Gasteiger partial charge in [-0.2, -0.15) is 0 Å². The molecule has 0 heteroatoms. The standard InChI is InChI=1S/C14H18.3CH4/c1-11(2)5-8-13(4)14-9-6-12(3)7-10-14;;;/h5-6,8-9H,1,4,7,10H2,2-3H3;3*1H4/b8-5-;;;. The van der Waals surface area contributed by atoms with Crippen LogP contribution in [0.1, 0.15) is 49.0 Å². The lowest BCUT2D eigenvalue weighted by Gasteiger charge is -2.11. The zero-order valence-electron chi connectivity index (χ0n) is 9.14. The average molecular weight is 234 g/mol. The summed E-state index contributed by atoms with van der Waals surface area (Å²) in [5, 5.41) is 0. The van der Waals surface area contributed by atoms with Crippen molar-refractivity contribution in [3.63, 3.8) is 0 Å². The molecule has 0 saturated heterocycles. The van der Waals surface area contributed by atoms with Crippen LogP contribution in [0.15, 0.2) is 59.8 Å². The molecule has 0 N–H and O–H groups in total. The molecule has 0 spiro atoms. The smallest absolute Gasteiger partial charge is 0.0236 e. The monoisotopic (exact) mass is 234 g/mol. The Morgan fingerprint density at radius 3 is 2.06 bits per heavy atom. The topological polar surface area (TPSA) is 0 Å². The van der Waals surface area contributed by atoms with Gasteiger partial charge in [-0.25, -0.2) is 0 Å². The molecule has 0 bridgehead atoms. The van der Waals surface area contributed by atoms with Gasteiger partial charge in [0.05, 0.1) is 0 Å². The van der Waals surface area contributed by atoms with E-state index in [9.17, 15) is 0 Å². The summed E-state index contributed by atoms with van der Waals surface area (Å²) in [4.78, 5) is 0. The Balaban J connectivity index is -0.000000653. The normalized spacial score (nSPS) is 13.5. The molecular formula is C17H30. The van der Waals surface area contributed by atoms with Gasteiger partial charge in [0.25, 0.3) is 0 Å². The first kappa shape index (κ1) is 21.0. The van der Waals surface area contributed by atoms with E-state index in [1.54, 1.807) is 0 Å². The summed E-state index contributed by atoms with van der Waals surface area (Å²) in [5.74, 6) is 0. The Kier molecular flexibility index (Phi) is 12.2. The Labute approximate surface area is 109 Å². The van der Waals surface area contributed by atoms with Crippen LogP contribution in [0.25, 0.3) is 0 Å². The molecule has 17 heavy (non-hydrogen) atoms. The van der Waals surface area contributed by atoms with Gasteiger partial charge in [0.15, 0.2) is 0 Å². The molecule has 0 nitrogen and oxygen atoms in total. The molecule has 1 rings (SSSR count). The van der Waals surface area contributed by atoms with Gasteiger partial charge in [-0.3, -0.25) is 0 Å². The fourth-order valence-corrected chi connectivity index (χ4v) is 1.36. The summed E-state index contributed by atoms with van der Waals surface area (Å²) < 4.78 is 0. The molecule has 1 aliphatic carbocycles. The highest BCUT2D eigenvalue weighted by Crippen LogP contribution is 2.23. The van der Waals surface area contributed by atoms with Gasteiger partial charge >= 0.3 is 0 Å². The van der Waals surface area contributed by atoms with Crippen molar-refractivity contribution in [1.29, 1.82) is 0 Å². The molecule has 0 aromatic rings. The number of hydrogen-bond acceptors (Lipinski definition) is 0. The van der Waals surface area contributed by atoms with E-state index in [2.05, 4.69) is 32.2 Å². The maximum absolute atomic E-state index is 4.05. The third kappa shape index (κ3) is 7.57. The molecule has 0 atom stereocenters. The molecule has 0 saturated carbocycles. The third-order valence-electron chi connectivity index (χ3n) is 2.34. The second kappa shape index (κ2) is 9.89. The molecule has 0 radical (unpaired) electrons. The number of rotatable bonds is 3. The first-order valence-corrected chi connectivity index (χ1v) is 4.99. The highest BCUT2D eigenvalue weighted by molar-refractivity contribution is 5.43. The maximum atomic E-state index is 4.05. The Morgan fingerprint density at radius 1 is 1.06 bits per heavy atom. The van der Waals surface area contributed by atoms with Crippen LogP contribution in [0, 0.1) is 0 Å². The van der Waals surface area contributed by atoms with E-state index in [-0.39, 0.29) is 22.3 Å². The molecule has 0 aromatic carbocycles. The number of allylic oxidation sites excluding steroid dienone is 8. The summed E-state index contributed by atoms with van der Waals surface area (Å²) in [6.45, 7) is 12.0. The number of hydrogen-bond donors (Lipinski definition) is 0. The van der Waals surface area contributed by atoms with Crippen molar-refractivity contribution in [2.45, 2.75) is 49.0 Å². The van der Waals surface area contributed by atoms with E-state index in [0.717, 1.165) is 24.0 Å². The van der Waals surface area contributed by atoms with Crippen LogP contribution in [0.3, 0.4) is 0 Å². The molecule has 0 aliphatic heterocycles. The van der Waals surface area contributed by atoms with Crippen molar-refractivity contribution in [2.75, 3.05) is 0 Å². The van der Waals surface area contributed by atoms with E-state index in [1.807, 2.05) is 19.1 Å². The van der Waals surface area contributed by atoms with Crippen LogP contribution in [0.5, 0.6) is 0 Å². The van der Waals surface area contributed by atoms with E-state index >= 15 is 0 Å². The minimum Gasteiger partial charge on any atom is -0.0961 e. The summed E-state index contributed by atoms with van der Waals surface area (Å²) in [6, 6.07) is 0. The van der Waals surface area contributed by atoms with Gasteiger partial charge < -0.3 is 0 Å². The van der Waals surface area contributed by atoms with Crippen LogP contribution in [0.4, 0.5) is 0 Å². The molecule has 0 unspecified atom stereocenters. The fraction of sp³-hybridized carbons (Fsp3) is 0.412. The first-order chi connectivity index (χ1) is 6.59. The second-order valence-corrected chi connectivity index (χ2v) is 3.91. The van der Waals surface area contributed by atoms with Crippen LogP contribution < -0.4 is 0 Å². The highest BCUT2D eigenvalue weighted by atomic mass is 14.1. The molecule has 0 amide bonds. The second-order valence-electron chi connectivity index (χ2n) is 3.91. The molecular weight excluding hydrogens is 204 g/mol.